The zero-order chi connectivity index (χ0) is 13.8. The lowest BCUT2D eigenvalue weighted by molar-refractivity contribution is 0.344. The Bertz CT molecular complexity index is 419. The fourth-order valence-corrected chi connectivity index (χ4v) is 3.67. The number of rotatable bonds is 5. The topological polar surface area (TPSA) is 29.9 Å². The summed E-state index contributed by atoms with van der Waals surface area (Å²) >= 11 is 9.87. The Labute approximate surface area is 129 Å². The molecule has 1 fully saturated rings. The third-order valence-electron chi connectivity index (χ3n) is 3.90. The first-order valence-electron chi connectivity index (χ1n) is 7.18. The van der Waals surface area contributed by atoms with Crippen LogP contribution < -0.4 is 5.32 Å². The molecule has 0 bridgehead atoms. The summed E-state index contributed by atoms with van der Waals surface area (Å²) in [5, 5.41) is 8.47. The summed E-state index contributed by atoms with van der Waals surface area (Å²) in [6, 6.07) is 0. The number of hydrogen-bond donors (Lipinski definition) is 1. The van der Waals surface area contributed by atoms with Gasteiger partial charge in [0.25, 0.3) is 0 Å². The molecule has 0 spiro atoms. The minimum absolute atomic E-state index is 0.385. The standard InChI is InChI=1S/C14H23BrClN3/c1-3-19-13(14(15)10(2)18-19)9-17-8-11-5-4-6-12(16)7-11/h11-12,17H,3-9H2,1-2H3. The predicted octanol–water partition coefficient (Wildman–Crippen LogP) is 3.86. The van der Waals surface area contributed by atoms with Crippen LogP contribution >= 0.6 is 27.5 Å². The molecule has 2 unspecified atom stereocenters. The SMILES string of the molecule is CCn1nc(C)c(Br)c1CNCC1CCCC(Cl)C1. The highest BCUT2D eigenvalue weighted by Gasteiger charge is 2.20. The van der Waals surface area contributed by atoms with Gasteiger partial charge in [0.2, 0.25) is 0 Å². The fourth-order valence-electron chi connectivity index (χ4n) is 2.84. The summed E-state index contributed by atoms with van der Waals surface area (Å²) in [4.78, 5) is 0. The van der Waals surface area contributed by atoms with E-state index in [2.05, 4.69) is 38.0 Å². The normalized spacial score (nSPS) is 23.8. The molecule has 5 heteroatoms. The number of nitrogens with zero attached hydrogens (tertiary/aromatic N) is 2. The first-order valence-corrected chi connectivity index (χ1v) is 8.41. The van der Waals surface area contributed by atoms with Crippen LogP contribution in [-0.2, 0) is 13.1 Å². The largest absolute Gasteiger partial charge is 0.311 e. The Morgan fingerprint density at radius 1 is 1.47 bits per heavy atom. The van der Waals surface area contributed by atoms with Crippen molar-refractivity contribution in [1.29, 1.82) is 0 Å². The monoisotopic (exact) mass is 347 g/mol. The molecule has 0 saturated heterocycles. The fraction of sp³-hybridized carbons (Fsp3) is 0.786. The summed E-state index contributed by atoms with van der Waals surface area (Å²) < 4.78 is 3.21. The zero-order valence-corrected chi connectivity index (χ0v) is 14.1. The number of halogens is 2. The van der Waals surface area contributed by atoms with Gasteiger partial charge in [-0.15, -0.1) is 11.6 Å². The summed E-state index contributed by atoms with van der Waals surface area (Å²) in [7, 11) is 0. The molecule has 1 N–H and O–H groups in total. The molecule has 0 amide bonds. The van der Waals surface area contributed by atoms with Crippen molar-refractivity contribution in [3.05, 3.63) is 15.9 Å². The van der Waals surface area contributed by atoms with E-state index in [1.165, 1.54) is 25.0 Å². The van der Waals surface area contributed by atoms with Gasteiger partial charge >= 0.3 is 0 Å². The average molecular weight is 349 g/mol. The highest BCUT2D eigenvalue weighted by Crippen LogP contribution is 2.27. The van der Waals surface area contributed by atoms with E-state index in [1.807, 2.05) is 6.92 Å². The molecule has 19 heavy (non-hydrogen) atoms. The van der Waals surface area contributed by atoms with Crippen LogP contribution in [0.3, 0.4) is 0 Å². The summed E-state index contributed by atoms with van der Waals surface area (Å²) in [6.07, 6.45) is 4.92. The van der Waals surface area contributed by atoms with Crippen molar-refractivity contribution in [1.82, 2.24) is 15.1 Å². The maximum atomic E-state index is 6.23. The van der Waals surface area contributed by atoms with Crippen molar-refractivity contribution in [2.75, 3.05) is 6.54 Å². The van der Waals surface area contributed by atoms with E-state index in [-0.39, 0.29) is 0 Å². The van der Waals surface area contributed by atoms with Gasteiger partial charge in [-0.2, -0.15) is 5.10 Å². The van der Waals surface area contributed by atoms with E-state index in [0.717, 1.165) is 42.1 Å². The number of hydrogen-bond acceptors (Lipinski definition) is 2. The molecule has 1 heterocycles. The van der Waals surface area contributed by atoms with Gasteiger partial charge in [-0.05, 0) is 61.5 Å². The highest BCUT2D eigenvalue weighted by atomic mass is 79.9. The van der Waals surface area contributed by atoms with E-state index in [4.69, 9.17) is 11.6 Å². The van der Waals surface area contributed by atoms with Crippen LogP contribution in [0.25, 0.3) is 0 Å². The molecule has 0 aromatic carbocycles. The lowest BCUT2D eigenvalue weighted by Gasteiger charge is -2.25. The van der Waals surface area contributed by atoms with Gasteiger partial charge in [0.15, 0.2) is 0 Å². The maximum Gasteiger partial charge on any atom is 0.0739 e. The molecular weight excluding hydrogens is 326 g/mol. The van der Waals surface area contributed by atoms with E-state index < -0.39 is 0 Å². The van der Waals surface area contributed by atoms with Gasteiger partial charge in [-0.1, -0.05) is 6.42 Å². The number of aryl methyl sites for hydroxylation is 2. The van der Waals surface area contributed by atoms with Gasteiger partial charge in [-0.3, -0.25) is 4.68 Å². The quantitative estimate of drug-likeness (QED) is 0.819. The first-order chi connectivity index (χ1) is 9.11. The second-order valence-corrected chi connectivity index (χ2v) is 6.83. The number of alkyl halides is 1. The van der Waals surface area contributed by atoms with Crippen molar-refractivity contribution >= 4 is 27.5 Å². The van der Waals surface area contributed by atoms with Crippen molar-refractivity contribution in [3.8, 4) is 0 Å². The van der Waals surface area contributed by atoms with E-state index in [1.54, 1.807) is 0 Å². The van der Waals surface area contributed by atoms with E-state index >= 15 is 0 Å². The molecule has 1 aliphatic carbocycles. The molecule has 3 nitrogen and oxygen atoms in total. The van der Waals surface area contributed by atoms with Gasteiger partial charge in [0, 0.05) is 18.5 Å². The lowest BCUT2D eigenvalue weighted by atomic mass is 9.89. The Kier molecular flexibility index (Phi) is 5.72. The van der Waals surface area contributed by atoms with Crippen LogP contribution in [0, 0.1) is 12.8 Å². The van der Waals surface area contributed by atoms with Crippen molar-refractivity contribution in [2.24, 2.45) is 5.92 Å². The van der Waals surface area contributed by atoms with Gasteiger partial charge in [0.1, 0.15) is 0 Å². The second kappa shape index (κ2) is 7.09. The molecule has 0 aliphatic heterocycles. The minimum atomic E-state index is 0.385. The maximum absolute atomic E-state index is 6.23. The van der Waals surface area contributed by atoms with Gasteiger partial charge in [-0.25, -0.2) is 0 Å². The number of nitrogens with one attached hydrogen (secondary N) is 1. The van der Waals surface area contributed by atoms with E-state index in [9.17, 15) is 0 Å². The average Bonchev–Trinajstić information content (AvgIpc) is 2.66. The van der Waals surface area contributed by atoms with Gasteiger partial charge in [0.05, 0.1) is 15.9 Å². The van der Waals surface area contributed by atoms with Crippen LogP contribution in [0.4, 0.5) is 0 Å². The summed E-state index contributed by atoms with van der Waals surface area (Å²) in [5.74, 6) is 0.731. The smallest absolute Gasteiger partial charge is 0.0739 e. The molecule has 108 valence electrons. The molecular formula is C14H23BrClN3. The number of aromatic nitrogens is 2. The van der Waals surface area contributed by atoms with Crippen LogP contribution in [0.2, 0.25) is 0 Å². The Hall–Kier alpha value is -0.0600. The highest BCUT2D eigenvalue weighted by molar-refractivity contribution is 9.10. The molecule has 1 aliphatic rings. The van der Waals surface area contributed by atoms with Crippen molar-refractivity contribution < 1.29 is 0 Å². The molecule has 1 saturated carbocycles. The third-order valence-corrected chi connectivity index (χ3v) is 5.33. The second-order valence-electron chi connectivity index (χ2n) is 5.42. The van der Waals surface area contributed by atoms with Crippen LogP contribution in [0.5, 0.6) is 0 Å². The van der Waals surface area contributed by atoms with Crippen molar-refractivity contribution in [3.63, 3.8) is 0 Å². The van der Waals surface area contributed by atoms with E-state index in [0.29, 0.717) is 5.38 Å². The van der Waals surface area contributed by atoms with Crippen LogP contribution in [-0.4, -0.2) is 21.7 Å². The zero-order valence-electron chi connectivity index (χ0n) is 11.8. The molecule has 1 aromatic rings. The predicted molar refractivity (Wildman–Crippen MR) is 83.6 cm³/mol. The third kappa shape index (κ3) is 3.96. The van der Waals surface area contributed by atoms with Crippen molar-refractivity contribution in [2.45, 2.75) is 58.0 Å². The summed E-state index contributed by atoms with van der Waals surface area (Å²) in [5.41, 5.74) is 2.32. The van der Waals surface area contributed by atoms with Gasteiger partial charge < -0.3 is 5.32 Å². The first kappa shape index (κ1) is 15.3. The Balaban J connectivity index is 1.85. The van der Waals surface area contributed by atoms with Crippen LogP contribution in [0.1, 0.15) is 44.0 Å². The lowest BCUT2D eigenvalue weighted by Crippen LogP contribution is -2.28. The summed E-state index contributed by atoms with van der Waals surface area (Å²) in [6.45, 7) is 7.01. The Morgan fingerprint density at radius 2 is 2.26 bits per heavy atom. The Morgan fingerprint density at radius 3 is 2.95 bits per heavy atom. The molecule has 1 aromatic heterocycles. The minimum Gasteiger partial charge on any atom is -0.311 e. The molecule has 2 atom stereocenters. The molecule has 2 rings (SSSR count). The van der Waals surface area contributed by atoms with Crippen LogP contribution in [0.15, 0.2) is 4.47 Å². The molecule has 0 radical (unpaired) electrons.